The fraction of sp³-hybridized carbons (Fsp3) is 0.222. The van der Waals surface area contributed by atoms with E-state index in [1.165, 1.54) is 6.08 Å². The Kier molecular flexibility index (Phi) is 3.66. The lowest BCUT2D eigenvalue weighted by Crippen LogP contribution is -2.54. The third kappa shape index (κ3) is 3.13. The van der Waals surface area contributed by atoms with E-state index in [-0.39, 0.29) is 17.7 Å². The SMILES string of the molecule is C=CCN1C(=O)/C(=C\C(F)(F)F)C(=O)NC1=S. The van der Waals surface area contributed by atoms with Crippen LogP contribution >= 0.6 is 12.2 Å². The summed E-state index contributed by atoms with van der Waals surface area (Å²) in [5.41, 5.74) is -0.993. The first-order valence-electron chi connectivity index (χ1n) is 4.34. The quantitative estimate of drug-likeness (QED) is 0.349. The van der Waals surface area contributed by atoms with Crippen LogP contribution in [0.3, 0.4) is 0 Å². The van der Waals surface area contributed by atoms with Crippen LogP contribution in [0, 0.1) is 0 Å². The van der Waals surface area contributed by atoms with Crippen molar-refractivity contribution >= 4 is 29.1 Å². The van der Waals surface area contributed by atoms with Gasteiger partial charge >= 0.3 is 6.18 Å². The molecule has 17 heavy (non-hydrogen) atoms. The second-order valence-electron chi connectivity index (χ2n) is 3.06. The van der Waals surface area contributed by atoms with Crippen molar-refractivity contribution in [3.63, 3.8) is 0 Å². The molecule has 0 unspecified atom stereocenters. The van der Waals surface area contributed by atoms with Gasteiger partial charge < -0.3 is 0 Å². The Balaban J connectivity index is 3.11. The Morgan fingerprint density at radius 2 is 2.00 bits per heavy atom. The molecule has 1 rings (SSSR count). The molecule has 1 N–H and O–H groups in total. The van der Waals surface area contributed by atoms with Crippen LogP contribution in [-0.2, 0) is 9.59 Å². The second-order valence-corrected chi connectivity index (χ2v) is 3.45. The lowest BCUT2D eigenvalue weighted by molar-refractivity contribution is -0.130. The number of rotatable bonds is 2. The van der Waals surface area contributed by atoms with Crippen LogP contribution in [0.25, 0.3) is 0 Å². The van der Waals surface area contributed by atoms with E-state index in [9.17, 15) is 22.8 Å². The smallest absolute Gasteiger partial charge is 0.298 e. The van der Waals surface area contributed by atoms with Crippen LogP contribution in [0.1, 0.15) is 0 Å². The van der Waals surface area contributed by atoms with E-state index in [0.717, 1.165) is 4.90 Å². The zero-order valence-electron chi connectivity index (χ0n) is 8.37. The molecule has 1 aliphatic rings. The van der Waals surface area contributed by atoms with Crippen molar-refractivity contribution in [1.82, 2.24) is 10.2 Å². The van der Waals surface area contributed by atoms with E-state index in [2.05, 4.69) is 18.8 Å². The molecule has 8 heteroatoms. The van der Waals surface area contributed by atoms with Gasteiger partial charge in [0.05, 0.1) is 0 Å². The summed E-state index contributed by atoms with van der Waals surface area (Å²) in [5, 5.41) is 1.76. The van der Waals surface area contributed by atoms with Crippen LogP contribution in [0.4, 0.5) is 13.2 Å². The number of allylic oxidation sites excluding steroid dienone is 1. The maximum atomic E-state index is 12.1. The number of carbonyl (C=O) groups excluding carboxylic acids is 2. The zero-order valence-corrected chi connectivity index (χ0v) is 9.19. The summed E-state index contributed by atoms with van der Waals surface area (Å²) in [6, 6.07) is 0. The van der Waals surface area contributed by atoms with Gasteiger partial charge in [-0.05, 0) is 12.2 Å². The van der Waals surface area contributed by atoms with E-state index in [0.29, 0.717) is 0 Å². The molecule has 0 aromatic heterocycles. The molecule has 0 radical (unpaired) electrons. The van der Waals surface area contributed by atoms with Gasteiger partial charge in [-0.25, -0.2) is 0 Å². The largest absolute Gasteiger partial charge is 0.410 e. The fourth-order valence-electron chi connectivity index (χ4n) is 1.15. The number of hydrogen-bond donors (Lipinski definition) is 1. The standard InChI is InChI=1S/C9H7F3N2O2S/c1-2-3-14-7(16)5(4-9(10,11)12)6(15)13-8(14)17/h2,4H,1,3H2,(H,13,15,17)/b5-4-. The van der Waals surface area contributed by atoms with Gasteiger partial charge in [-0.15, -0.1) is 6.58 Å². The van der Waals surface area contributed by atoms with Gasteiger partial charge in [0.15, 0.2) is 5.11 Å². The number of amides is 2. The molecule has 1 fully saturated rings. The molecule has 0 bridgehead atoms. The number of thiocarbonyl (C=S) groups is 1. The first-order chi connectivity index (χ1) is 7.76. The van der Waals surface area contributed by atoms with Crippen molar-refractivity contribution in [1.29, 1.82) is 0 Å². The number of alkyl halides is 3. The van der Waals surface area contributed by atoms with Crippen LogP contribution < -0.4 is 5.32 Å². The van der Waals surface area contributed by atoms with Gasteiger partial charge in [0.2, 0.25) is 0 Å². The van der Waals surface area contributed by atoms with Gasteiger partial charge in [-0.1, -0.05) is 6.08 Å². The van der Waals surface area contributed by atoms with Crippen molar-refractivity contribution in [3.05, 3.63) is 24.3 Å². The van der Waals surface area contributed by atoms with Gasteiger partial charge in [0.25, 0.3) is 11.8 Å². The fourth-order valence-corrected chi connectivity index (χ4v) is 1.40. The monoisotopic (exact) mass is 264 g/mol. The molecule has 2 amide bonds. The highest BCUT2D eigenvalue weighted by Gasteiger charge is 2.37. The van der Waals surface area contributed by atoms with Crippen LogP contribution in [-0.4, -0.2) is 34.5 Å². The first kappa shape index (κ1) is 13.4. The molecular formula is C9H7F3N2O2S. The molecule has 0 spiro atoms. The zero-order chi connectivity index (χ0) is 13.2. The van der Waals surface area contributed by atoms with Crippen molar-refractivity contribution in [2.45, 2.75) is 6.18 Å². The third-order valence-electron chi connectivity index (χ3n) is 1.81. The Hall–Kier alpha value is -1.70. The van der Waals surface area contributed by atoms with E-state index in [4.69, 9.17) is 0 Å². The molecule has 1 saturated heterocycles. The number of nitrogens with one attached hydrogen (secondary N) is 1. The third-order valence-corrected chi connectivity index (χ3v) is 2.13. The van der Waals surface area contributed by atoms with Crippen LogP contribution in [0.2, 0.25) is 0 Å². The highest BCUT2D eigenvalue weighted by molar-refractivity contribution is 7.80. The molecule has 0 aromatic rings. The predicted octanol–water partition coefficient (Wildman–Crippen LogP) is 0.904. The minimum atomic E-state index is -4.75. The average Bonchev–Trinajstić information content (AvgIpc) is 2.18. The van der Waals surface area contributed by atoms with E-state index >= 15 is 0 Å². The highest BCUT2D eigenvalue weighted by Crippen LogP contribution is 2.21. The summed E-state index contributed by atoms with van der Waals surface area (Å²) < 4.78 is 36.4. The van der Waals surface area contributed by atoms with Gasteiger partial charge in [-0.3, -0.25) is 19.8 Å². The second kappa shape index (κ2) is 4.66. The predicted molar refractivity (Wildman–Crippen MR) is 56.8 cm³/mol. The Bertz CT molecular complexity index is 428. The maximum Gasteiger partial charge on any atom is 0.410 e. The first-order valence-corrected chi connectivity index (χ1v) is 4.74. The number of carbonyl (C=O) groups is 2. The van der Waals surface area contributed by atoms with E-state index < -0.39 is 23.6 Å². The lowest BCUT2D eigenvalue weighted by Gasteiger charge is -2.27. The minimum Gasteiger partial charge on any atom is -0.298 e. The summed E-state index contributed by atoms with van der Waals surface area (Å²) >= 11 is 4.66. The number of halogens is 3. The van der Waals surface area contributed by atoms with E-state index in [1.807, 2.05) is 5.32 Å². The Morgan fingerprint density at radius 3 is 2.47 bits per heavy atom. The molecule has 1 aliphatic heterocycles. The Morgan fingerprint density at radius 1 is 1.41 bits per heavy atom. The van der Waals surface area contributed by atoms with Crippen molar-refractivity contribution in [2.24, 2.45) is 0 Å². The Labute approximate surface area is 99.8 Å². The summed E-state index contributed by atoms with van der Waals surface area (Å²) in [6.07, 6.45) is -3.81. The van der Waals surface area contributed by atoms with Crippen molar-refractivity contribution in [2.75, 3.05) is 6.54 Å². The molecule has 4 nitrogen and oxygen atoms in total. The summed E-state index contributed by atoms with van der Waals surface area (Å²) in [5.74, 6) is -2.24. The maximum absolute atomic E-state index is 12.1. The van der Waals surface area contributed by atoms with Gasteiger partial charge in [0.1, 0.15) is 5.57 Å². The number of hydrogen-bond acceptors (Lipinski definition) is 3. The lowest BCUT2D eigenvalue weighted by atomic mass is 10.1. The molecule has 0 atom stereocenters. The molecule has 0 aromatic carbocycles. The molecule has 0 aliphatic carbocycles. The van der Waals surface area contributed by atoms with E-state index in [1.54, 1.807) is 0 Å². The number of nitrogens with zero attached hydrogens (tertiary/aromatic N) is 1. The van der Waals surface area contributed by atoms with Crippen LogP contribution in [0.15, 0.2) is 24.3 Å². The minimum absolute atomic E-state index is 0.0762. The average molecular weight is 264 g/mol. The van der Waals surface area contributed by atoms with Gasteiger partial charge in [0, 0.05) is 12.6 Å². The van der Waals surface area contributed by atoms with Gasteiger partial charge in [-0.2, -0.15) is 13.2 Å². The van der Waals surface area contributed by atoms with Crippen molar-refractivity contribution < 1.29 is 22.8 Å². The van der Waals surface area contributed by atoms with Crippen molar-refractivity contribution in [3.8, 4) is 0 Å². The molecular weight excluding hydrogens is 257 g/mol. The van der Waals surface area contributed by atoms with Crippen LogP contribution in [0.5, 0.6) is 0 Å². The molecule has 92 valence electrons. The topological polar surface area (TPSA) is 49.4 Å². The molecule has 1 heterocycles. The summed E-state index contributed by atoms with van der Waals surface area (Å²) in [7, 11) is 0. The normalized spacial score (nSPS) is 19.6. The summed E-state index contributed by atoms with van der Waals surface area (Å²) in [4.78, 5) is 23.6. The molecule has 0 saturated carbocycles. The summed E-state index contributed by atoms with van der Waals surface area (Å²) in [6.45, 7) is 3.26. The highest BCUT2D eigenvalue weighted by atomic mass is 32.1.